The van der Waals surface area contributed by atoms with Gasteiger partial charge in [0.05, 0.1) is 18.4 Å². The smallest absolute Gasteiger partial charge is 0.229 e. The first-order valence-electron chi connectivity index (χ1n) is 5.95. The minimum atomic E-state index is 0.565. The fourth-order valence-electron chi connectivity index (χ4n) is 2.08. The maximum atomic E-state index is 5.51. The van der Waals surface area contributed by atoms with E-state index in [1.54, 1.807) is 13.4 Å². The van der Waals surface area contributed by atoms with Crippen LogP contribution in [-0.2, 0) is 6.42 Å². The van der Waals surface area contributed by atoms with Gasteiger partial charge in [0.1, 0.15) is 12.0 Å². The van der Waals surface area contributed by atoms with Crippen LogP contribution in [-0.4, -0.2) is 18.6 Å². The van der Waals surface area contributed by atoms with Crippen LogP contribution < -0.4 is 10.5 Å². The van der Waals surface area contributed by atoms with Gasteiger partial charge in [-0.2, -0.15) is 0 Å². The Kier molecular flexibility index (Phi) is 3.67. The van der Waals surface area contributed by atoms with E-state index in [1.807, 2.05) is 19.9 Å². The number of oxazole rings is 1. The quantitative estimate of drug-likeness (QED) is 0.900. The van der Waals surface area contributed by atoms with Crippen molar-refractivity contribution in [3.8, 4) is 17.2 Å². The highest BCUT2D eigenvalue weighted by molar-refractivity contribution is 5.66. The van der Waals surface area contributed by atoms with Crippen LogP contribution in [0.5, 0.6) is 5.75 Å². The average Bonchev–Trinajstić information content (AvgIpc) is 2.77. The molecule has 0 aliphatic heterocycles. The lowest BCUT2D eigenvalue weighted by atomic mass is 10.1. The molecule has 2 rings (SSSR count). The molecule has 0 atom stereocenters. The van der Waals surface area contributed by atoms with Gasteiger partial charge in [0.2, 0.25) is 5.89 Å². The molecule has 18 heavy (non-hydrogen) atoms. The molecule has 0 saturated heterocycles. The van der Waals surface area contributed by atoms with Gasteiger partial charge >= 0.3 is 0 Å². The maximum Gasteiger partial charge on any atom is 0.229 e. The van der Waals surface area contributed by atoms with E-state index >= 15 is 0 Å². The molecule has 4 nitrogen and oxygen atoms in total. The summed E-state index contributed by atoms with van der Waals surface area (Å²) in [6.07, 6.45) is 2.37. The summed E-state index contributed by atoms with van der Waals surface area (Å²) in [5, 5.41) is 0. The van der Waals surface area contributed by atoms with Gasteiger partial charge < -0.3 is 14.9 Å². The van der Waals surface area contributed by atoms with Gasteiger partial charge in [0, 0.05) is 6.42 Å². The highest BCUT2D eigenvalue weighted by atomic mass is 16.5. The Morgan fingerprint density at radius 2 is 2.11 bits per heavy atom. The monoisotopic (exact) mass is 246 g/mol. The Labute approximate surface area is 107 Å². The summed E-state index contributed by atoms with van der Waals surface area (Å²) in [6.45, 7) is 4.62. The number of hydrogen-bond acceptors (Lipinski definition) is 4. The molecule has 0 fully saturated rings. The van der Waals surface area contributed by atoms with Crippen molar-refractivity contribution < 1.29 is 9.15 Å². The Bertz CT molecular complexity index is 547. The molecule has 0 unspecified atom stereocenters. The van der Waals surface area contributed by atoms with E-state index in [-0.39, 0.29) is 0 Å². The molecule has 4 heteroatoms. The van der Waals surface area contributed by atoms with Crippen LogP contribution in [0.3, 0.4) is 0 Å². The lowest BCUT2D eigenvalue weighted by molar-refractivity contribution is 0.411. The van der Waals surface area contributed by atoms with Crippen molar-refractivity contribution in [1.82, 2.24) is 4.98 Å². The number of hydrogen-bond donors (Lipinski definition) is 1. The first kappa shape index (κ1) is 12.6. The molecule has 0 saturated carbocycles. The maximum absolute atomic E-state index is 5.51. The predicted octanol–water partition coefficient (Wildman–Crippen LogP) is 2.47. The minimum Gasteiger partial charge on any atom is -0.496 e. The van der Waals surface area contributed by atoms with Crippen LogP contribution in [0.2, 0.25) is 0 Å². The molecule has 0 amide bonds. The predicted molar refractivity (Wildman–Crippen MR) is 70.7 cm³/mol. The van der Waals surface area contributed by atoms with E-state index in [1.165, 1.54) is 0 Å². The van der Waals surface area contributed by atoms with Crippen molar-refractivity contribution in [1.29, 1.82) is 0 Å². The van der Waals surface area contributed by atoms with E-state index in [2.05, 4.69) is 11.1 Å². The van der Waals surface area contributed by atoms with Gasteiger partial charge in [-0.3, -0.25) is 0 Å². The minimum absolute atomic E-state index is 0.565. The Hall–Kier alpha value is -1.81. The lowest BCUT2D eigenvalue weighted by Gasteiger charge is -2.10. The molecule has 2 aromatic rings. The van der Waals surface area contributed by atoms with Gasteiger partial charge in [0.25, 0.3) is 0 Å². The zero-order valence-electron chi connectivity index (χ0n) is 11.0. The van der Waals surface area contributed by atoms with Crippen LogP contribution in [0.15, 0.2) is 22.8 Å². The highest BCUT2D eigenvalue weighted by Gasteiger charge is 2.14. The van der Waals surface area contributed by atoms with E-state index in [0.717, 1.165) is 34.6 Å². The number of benzene rings is 1. The Morgan fingerprint density at radius 1 is 1.33 bits per heavy atom. The lowest BCUT2D eigenvalue weighted by Crippen LogP contribution is -2.02. The first-order valence-corrected chi connectivity index (χ1v) is 5.95. The number of nitrogens with zero attached hydrogens (tertiary/aromatic N) is 1. The molecule has 0 radical (unpaired) electrons. The van der Waals surface area contributed by atoms with Gasteiger partial charge in [-0.1, -0.05) is 6.07 Å². The second-order valence-corrected chi connectivity index (χ2v) is 4.35. The summed E-state index contributed by atoms with van der Waals surface area (Å²) in [7, 11) is 1.66. The van der Waals surface area contributed by atoms with E-state index in [0.29, 0.717) is 12.4 Å². The summed E-state index contributed by atoms with van der Waals surface area (Å²) in [5.74, 6) is 1.39. The largest absolute Gasteiger partial charge is 0.496 e. The number of nitrogens with two attached hydrogens (primary N) is 1. The van der Waals surface area contributed by atoms with Crippen molar-refractivity contribution in [3.05, 3.63) is 35.2 Å². The number of methoxy groups -OCH3 is 1. The molecule has 0 spiro atoms. The number of rotatable bonds is 4. The SMILES string of the molecule is COc1c(C)cc(C)cc1-c1nc(CCN)co1. The first-order chi connectivity index (χ1) is 8.65. The molecule has 1 aromatic heterocycles. The third kappa shape index (κ3) is 2.38. The molecule has 0 aliphatic rings. The van der Waals surface area contributed by atoms with E-state index < -0.39 is 0 Å². The van der Waals surface area contributed by atoms with Crippen molar-refractivity contribution in [2.24, 2.45) is 5.73 Å². The molecular formula is C14H18N2O2. The zero-order chi connectivity index (χ0) is 13.1. The molecule has 96 valence electrons. The van der Waals surface area contributed by atoms with Crippen molar-refractivity contribution in [2.75, 3.05) is 13.7 Å². The summed E-state index contributed by atoms with van der Waals surface area (Å²) in [6, 6.07) is 4.09. The van der Waals surface area contributed by atoms with Crippen LogP contribution in [0.1, 0.15) is 16.8 Å². The molecule has 1 heterocycles. The van der Waals surface area contributed by atoms with Gasteiger partial charge in [0.15, 0.2) is 0 Å². The normalized spacial score (nSPS) is 10.7. The topological polar surface area (TPSA) is 61.3 Å². The van der Waals surface area contributed by atoms with Crippen molar-refractivity contribution in [2.45, 2.75) is 20.3 Å². The van der Waals surface area contributed by atoms with Crippen molar-refractivity contribution >= 4 is 0 Å². The zero-order valence-corrected chi connectivity index (χ0v) is 11.0. The third-order valence-corrected chi connectivity index (χ3v) is 2.81. The third-order valence-electron chi connectivity index (χ3n) is 2.81. The van der Waals surface area contributed by atoms with Gasteiger partial charge in [-0.25, -0.2) is 4.98 Å². The molecule has 0 aliphatic carbocycles. The summed E-state index contributed by atoms with van der Waals surface area (Å²) >= 11 is 0. The number of ether oxygens (including phenoxy) is 1. The number of aryl methyl sites for hydroxylation is 2. The standard InChI is InChI=1S/C14H18N2O2/c1-9-6-10(2)13(17-3)12(7-9)14-16-11(4-5-15)8-18-14/h6-8H,4-5,15H2,1-3H3. The Morgan fingerprint density at radius 3 is 2.78 bits per heavy atom. The van der Waals surface area contributed by atoms with Gasteiger partial charge in [-0.15, -0.1) is 0 Å². The number of aromatic nitrogens is 1. The fraction of sp³-hybridized carbons (Fsp3) is 0.357. The van der Waals surface area contributed by atoms with Crippen LogP contribution in [0.4, 0.5) is 0 Å². The summed E-state index contributed by atoms with van der Waals surface area (Å²) in [4.78, 5) is 4.43. The second-order valence-electron chi connectivity index (χ2n) is 4.35. The van der Waals surface area contributed by atoms with E-state index in [4.69, 9.17) is 14.9 Å². The second kappa shape index (κ2) is 5.23. The molecule has 0 bridgehead atoms. The summed E-state index contributed by atoms with van der Waals surface area (Å²) < 4.78 is 10.9. The fourth-order valence-corrected chi connectivity index (χ4v) is 2.08. The van der Waals surface area contributed by atoms with Gasteiger partial charge in [-0.05, 0) is 37.6 Å². The molecular weight excluding hydrogens is 228 g/mol. The Balaban J connectivity index is 2.48. The van der Waals surface area contributed by atoms with Crippen LogP contribution >= 0.6 is 0 Å². The van der Waals surface area contributed by atoms with E-state index in [9.17, 15) is 0 Å². The van der Waals surface area contributed by atoms with Crippen molar-refractivity contribution in [3.63, 3.8) is 0 Å². The molecule has 2 N–H and O–H groups in total. The average molecular weight is 246 g/mol. The highest BCUT2D eigenvalue weighted by Crippen LogP contribution is 2.33. The molecule has 1 aromatic carbocycles. The summed E-state index contributed by atoms with van der Waals surface area (Å²) in [5.41, 5.74) is 9.49. The van der Waals surface area contributed by atoms with Crippen LogP contribution in [0.25, 0.3) is 11.5 Å². The van der Waals surface area contributed by atoms with Crippen LogP contribution in [0, 0.1) is 13.8 Å².